The summed E-state index contributed by atoms with van der Waals surface area (Å²) in [6.45, 7) is 1.54. The normalized spacial score (nSPS) is 15.4. The maximum Gasteiger partial charge on any atom is 0.329 e. The third-order valence-corrected chi connectivity index (χ3v) is 5.78. The predicted molar refractivity (Wildman–Crippen MR) is 95.0 cm³/mol. The number of aromatic amines is 1. The molecule has 28 heavy (non-hydrogen) atoms. The predicted octanol–water partition coefficient (Wildman–Crippen LogP) is 0.796. The van der Waals surface area contributed by atoms with E-state index in [1.54, 1.807) is 13.0 Å². The number of nitrogens with one attached hydrogen (secondary N) is 1. The summed E-state index contributed by atoms with van der Waals surface area (Å²) in [6, 6.07) is 7.07. The summed E-state index contributed by atoms with van der Waals surface area (Å²) in [5.74, 6) is 0.307. The molecule has 1 aromatic carbocycles. The molecule has 1 fully saturated rings. The van der Waals surface area contributed by atoms with Crippen molar-refractivity contribution in [3.63, 3.8) is 0 Å². The third-order valence-electron chi connectivity index (χ3n) is 4.41. The Kier molecular flexibility index (Phi) is 3.99. The molecule has 0 spiro atoms. The first-order chi connectivity index (χ1) is 13.2. The van der Waals surface area contributed by atoms with Crippen LogP contribution in [0.1, 0.15) is 24.3 Å². The van der Waals surface area contributed by atoms with Crippen molar-refractivity contribution in [2.24, 2.45) is 0 Å². The van der Waals surface area contributed by atoms with Gasteiger partial charge in [-0.25, -0.2) is 8.98 Å². The minimum atomic E-state index is -4.25. The van der Waals surface area contributed by atoms with Crippen LogP contribution >= 0.6 is 0 Å². The molecule has 2 heterocycles. The Balaban J connectivity index is 1.79. The zero-order valence-corrected chi connectivity index (χ0v) is 15.4. The molecule has 0 amide bonds. The number of nitriles is 1. The molecule has 11 heteroatoms. The summed E-state index contributed by atoms with van der Waals surface area (Å²) >= 11 is 0. The summed E-state index contributed by atoms with van der Waals surface area (Å²) in [7, 11) is -4.25. The number of aryl methyl sites for hydroxylation is 1. The maximum atomic E-state index is 12.8. The van der Waals surface area contributed by atoms with E-state index in [4.69, 9.17) is 14.0 Å². The second-order valence-corrected chi connectivity index (χ2v) is 8.15. The van der Waals surface area contributed by atoms with Crippen LogP contribution in [-0.2, 0) is 20.8 Å². The van der Waals surface area contributed by atoms with Gasteiger partial charge in [-0.2, -0.15) is 13.7 Å². The third kappa shape index (κ3) is 3.12. The molecule has 2 aromatic heterocycles. The van der Waals surface area contributed by atoms with Crippen molar-refractivity contribution in [2.75, 3.05) is 0 Å². The van der Waals surface area contributed by atoms with Crippen molar-refractivity contribution in [1.29, 1.82) is 5.26 Å². The molecule has 1 N–H and O–H groups in total. The molecule has 144 valence electrons. The summed E-state index contributed by atoms with van der Waals surface area (Å²) in [5, 5.41) is 12.7. The van der Waals surface area contributed by atoms with Crippen molar-refractivity contribution in [2.45, 2.75) is 36.8 Å². The Bertz CT molecular complexity index is 1350. The van der Waals surface area contributed by atoms with Gasteiger partial charge in [-0.3, -0.25) is 9.36 Å². The van der Waals surface area contributed by atoms with E-state index in [9.17, 15) is 18.0 Å². The first kappa shape index (κ1) is 18.1. The Labute approximate surface area is 158 Å². The highest BCUT2D eigenvalue weighted by Gasteiger charge is 2.49. The van der Waals surface area contributed by atoms with Crippen LogP contribution < -0.4 is 11.2 Å². The van der Waals surface area contributed by atoms with E-state index in [1.165, 1.54) is 12.1 Å². The number of hydrogen-bond donors (Lipinski definition) is 1. The van der Waals surface area contributed by atoms with Crippen molar-refractivity contribution < 1.29 is 17.1 Å². The van der Waals surface area contributed by atoms with Gasteiger partial charge >= 0.3 is 5.69 Å². The molecule has 0 bridgehead atoms. The van der Waals surface area contributed by atoms with Gasteiger partial charge in [0.15, 0.2) is 11.4 Å². The Morgan fingerprint density at radius 3 is 2.71 bits per heavy atom. The summed E-state index contributed by atoms with van der Waals surface area (Å²) in [4.78, 5) is 27.3. The number of nitrogens with zero attached hydrogens (tertiary/aromatic N) is 3. The van der Waals surface area contributed by atoms with Gasteiger partial charge in [0.2, 0.25) is 0 Å². The van der Waals surface area contributed by atoms with Crippen molar-refractivity contribution in [3.8, 4) is 6.07 Å². The second-order valence-electron chi connectivity index (χ2n) is 6.61. The van der Waals surface area contributed by atoms with Gasteiger partial charge in [0.25, 0.3) is 15.7 Å². The van der Waals surface area contributed by atoms with Crippen molar-refractivity contribution >= 4 is 21.0 Å². The molecule has 0 radical (unpaired) electrons. The van der Waals surface area contributed by atoms with Crippen LogP contribution in [0, 0.1) is 18.3 Å². The fraction of sp³-hybridized carbons (Fsp3) is 0.294. The highest BCUT2D eigenvalue weighted by atomic mass is 32.2. The average Bonchev–Trinajstić information content (AvgIpc) is 3.29. The van der Waals surface area contributed by atoms with Gasteiger partial charge in [0, 0.05) is 6.07 Å². The lowest BCUT2D eigenvalue weighted by atomic mass is 10.2. The topological polar surface area (TPSA) is 148 Å². The van der Waals surface area contributed by atoms with E-state index in [2.05, 4.69) is 10.1 Å². The number of H-pyrrole nitrogens is 1. The molecule has 1 aliphatic carbocycles. The highest BCUT2D eigenvalue weighted by Crippen LogP contribution is 2.41. The molecule has 0 aliphatic heterocycles. The van der Waals surface area contributed by atoms with Gasteiger partial charge in [-0.15, -0.1) is 0 Å². The van der Waals surface area contributed by atoms with Crippen LogP contribution in [0.4, 0.5) is 0 Å². The number of hydrogen-bond acceptors (Lipinski definition) is 8. The van der Waals surface area contributed by atoms with Gasteiger partial charge in [0.1, 0.15) is 0 Å². The molecule has 0 saturated heterocycles. The number of benzene rings is 1. The molecule has 0 atom stereocenters. The molecule has 4 rings (SSSR count). The van der Waals surface area contributed by atoms with Gasteiger partial charge in [0.05, 0.1) is 34.1 Å². The molecule has 10 nitrogen and oxygen atoms in total. The Morgan fingerprint density at radius 1 is 1.36 bits per heavy atom. The first-order valence-electron chi connectivity index (χ1n) is 8.29. The average molecular weight is 402 g/mol. The smallest absolute Gasteiger partial charge is 0.329 e. The lowest BCUT2D eigenvalue weighted by Crippen LogP contribution is -2.35. The molecule has 1 aliphatic rings. The van der Waals surface area contributed by atoms with E-state index in [-0.39, 0.29) is 22.3 Å². The molecule has 1 saturated carbocycles. The molecular formula is C17H14N4O6S. The monoisotopic (exact) mass is 402 g/mol. The van der Waals surface area contributed by atoms with Crippen LogP contribution in [0.15, 0.2) is 43.3 Å². The zero-order valence-electron chi connectivity index (χ0n) is 14.6. The van der Waals surface area contributed by atoms with E-state index >= 15 is 0 Å². The largest absolute Gasteiger partial charge is 0.359 e. The van der Waals surface area contributed by atoms with Crippen LogP contribution in [0.25, 0.3) is 10.9 Å². The minimum absolute atomic E-state index is 0.0117. The maximum absolute atomic E-state index is 12.8. The molecule has 0 unspecified atom stereocenters. The minimum Gasteiger partial charge on any atom is -0.359 e. The summed E-state index contributed by atoms with van der Waals surface area (Å²) < 4.78 is 35.9. The number of fused-ring (bicyclic) bond motifs is 1. The standard InChI is InChI=1S/C17H14N4O6S/c1-10-6-11(26-20-10)8-21-15(22)13-7-12(2-3-14(13)19-16(21)23)28(24,25)27-17(9-18)4-5-17/h2-3,6-7H,4-5,8H2,1H3,(H,19,23). The number of aromatic nitrogens is 3. The van der Waals surface area contributed by atoms with Crippen LogP contribution in [0.5, 0.6) is 0 Å². The van der Waals surface area contributed by atoms with Gasteiger partial charge < -0.3 is 9.51 Å². The van der Waals surface area contributed by atoms with E-state index in [1.807, 2.05) is 6.07 Å². The van der Waals surface area contributed by atoms with E-state index < -0.39 is 27.0 Å². The molecule has 3 aromatic rings. The quantitative estimate of drug-likeness (QED) is 0.616. The summed E-state index contributed by atoms with van der Waals surface area (Å²) in [6.07, 6.45) is 0.653. The Morgan fingerprint density at radius 2 is 2.11 bits per heavy atom. The first-order valence-corrected chi connectivity index (χ1v) is 9.70. The van der Waals surface area contributed by atoms with Crippen LogP contribution in [0.3, 0.4) is 0 Å². The summed E-state index contributed by atoms with van der Waals surface area (Å²) in [5.41, 5.74) is -1.91. The van der Waals surface area contributed by atoms with Crippen molar-refractivity contribution in [1.82, 2.24) is 14.7 Å². The zero-order chi connectivity index (χ0) is 20.1. The van der Waals surface area contributed by atoms with E-state index in [0.717, 1.165) is 10.6 Å². The van der Waals surface area contributed by atoms with Crippen molar-refractivity contribution in [3.05, 3.63) is 56.6 Å². The van der Waals surface area contributed by atoms with Gasteiger partial charge in [-0.05, 0) is 38.0 Å². The number of rotatable bonds is 5. The Hall–Kier alpha value is -3.23. The van der Waals surface area contributed by atoms with E-state index in [0.29, 0.717) is 24.3 Å². The van der Waals surface area contributed by atoms with Gasteiger partial charge in [-0.1, -0.05) is 5.16 Å². The van der Waals surface area contributed by atoms with Crippen LogP contribution in [-0.4, -0.2) is 28.7 Å². The second kappa shape index (κ2) is 6.15. The highest BCUT2D eigenvalue weighted by molar-refractivity contribution is 7.86. The fourth-order valence-electron chi connectivity index (χ4n) is 2.76. The fourth-order valence-corrected chi connectivity index (χ4v) is 3.98. The lowest BCUT2D eigenvalue weighted by molar-refractivity contribution is 0.244. The van der Waals surface area contributed by atoms with Crippen LogP contribution in [0.2, 0.25) is 0 Å². The lowest BCUT2D eigenvalue weighted by Gasteiger charge is -2.10. The SMILES string of the molecule is Cc1cc(Cn2c(=O)[nH]c3ccc(S(=O)(=O)OC4(C#N)CC4)cc3c2=O)on1. The molecular weight excluding hydrogens is 388 g/mol.